The zero-order chi connectivity index (χ0) is 39.0. The number of hydrogen-bond acceptors (Lipinski definition) is 10. The van der Waals surface area contributed by atoms with Crippen LogP contribution in [-0.4, -0.2) is 109 Å². The van der Waals surface area contributed by atoms with Crippen LogP contribution < -0.4 is 25.2 Å². The fourth-order valence-corrected chi connectivity index (χ4v) is 8.25. The summed E-state index contributed by atoms with van der Waals surface area (Å²) in [5.74, 6) is -0.254. The van der Waals surface area contributed by atoms with E-state index in [-0.39, 0.29) is 18.4 Å². The van der Waals surface area contributed by atoms with Crippen molar-refractivity contribution in [2.24, 2.45) is 13.0 Å². The molecule has 5 heterocycles. The molecule has 0 aliphatic carbocycles. The number of methoxy groups -OCH3 is 2. The van der Waals surface area contributed by atoms with Crippen LogP contribution in [0.2, 0.25) is 0 Å². The Kier molecular flexibility index (Phi) is 11.0. The van der Waals surface area contributed by atoms with Crippen LogP contribution in [0.5, 0.6) is 11.5 Å². The lowest BCUT2D eigenvalue weighted by Crippen LogP contribution is -2.54. The van der Waals surface area contributed by atoms with E-state index in [9.17, 15) is 32.8 Å². The minimum atomic E-state index is -2.89. The number of piperidine rings is 2. The summed E-state index contributed by atoms with van der Waals surface area (Å²) in [5, 5.41) is 2.23. The van der Waals surface area contributed by atoms with Gasteiger partial charge < -0.3 is 23.8 Å². The van der Waals surface area contributed by atoms with Crippen LogP contribution >= 0.6 is 0 Å². The number of hydrogen-bond donors (Lipinski definition) is 1. The van der Waals surface area contributed by atoms with Gasteiger partial charge in [-0.25, -0.2) is 8.78 Å². The Balaban J connectivity index is 0.898. The summed E-state index contributed by atoms with van der Waals surface area (Å²) in [6.45, 7) is 6.87. The first kappa shape index (κ1) is 38.1. The van der Waals surface area contributed by atoms with Gasteiger partial charge in [-0.1, -0.05) is 0 Å². The molecule has 1 atom stereocenters. The predicted octanol–water partition coefficient (Wildman–Crippen LogP) is 3.83. The van der Waals surface area contributed by atoms with Crippen molar-refractivity contribution in [3.8, 4) is 22.6 Å². The molecule has 0 radical (unpaired) electrons. The summed E-state index contributed by atoms with van der Waals surface area (Å²) in [6.07, 6.45) is 1.99. The molecule has 3 saturated heterocycles. The highest BCUT2D eigenvalue weighted by Gasteiger charge is 2.45. The first-order chi connectivity index (χ1) is 26.4. The molecule has 55 heavy (non-hydrogen) atoms. The number of nitrogens with zero attached hydrogens (tertiary/aromatic N) is 5. The van der Waals surface area contributed by atoms with Gasteiger partial charge in [0.15, 0.2) is 0 Å². The van der Waals surface area contributed by atoms with E-state index in [0.29, 0.717) is 40.7 Å². The van der Waals surface area contributed by atoms with Crippen molar-refractivity contribution in [3.63, 3.8) is 0 Å². The van der Waals surface area contributed by atoms with Gasteiger partial charge in [0.1, 0.15) is 17.5 Å². The molecule has 3 aromatic rings. The zero-order valence-corrected chi connectivity index (χ0v) is 31.3. The van der Waals surface area contributed by atoms with E-state index >= 15 is 0 Å². The number of pyridine rings is 1. The van der Waals surface area contributed by atoms with E-state index in [0.717, 1.165) is 81.2 Å². The predicted molar refractivity (Wildman–Crippen MR) is 200 cm³/mol. The normalized spacial score (nSPS) is 20.0. The van der Waals surface area contributed by atoms with Gasteiger partial charge in [-0.05, 0) is 85.7 Å². The van der Waals surface area contributed by atoms with Crippen molar-refractivity contribution >= 4 is 29.3 Å². The van der Waals surface area contributed by atoms with E-state index in [1.165, 1.54) is 23.9 Å². The molecule has 13 nitrogen and oxygen atoms in total. The second-order valence-corrected chi connectivity index (χ2v) is 14.8. The highest BCUT2D eigenvalue weighted by atomic mass is 19.3. The number of aromatic nitrogens is 1. The molecule has 1 unspecified atom stereocenters. The molecule has 15 heteroatoms. The van der Waals surface area contributed by atoms with Gasteiger partial charge in [0.2, 0.25) is 11.8 Å². The number of anilines is 1. The van der Waals surface area contributed by atoms with Gasteiger partial charge in [-0.15, -0.1) is 0 Å². The maximum Gasteiger partial charge on any atom is 0.269 e. The summed E-state index contributed by atoms with van der Waals surface area (Å²) < 4.78 is 39.8. The van der Waals surface area contributed by atoms with Gasteiger partial charge in [-0.2, -0.15) is 0 Å². The van der Waals surface area contributed by atoms with Gasteiger partial charge >= 0.3 is 0 Å². The summed E-state index contributed by atoms with van der Waals surface area (Å²) in [5.41, 5.74) is 2.15. The van der Waals surface area contributed by atoms with Crippen LogP contribution in [0.1, 0.15) is 70.4 Å². The Bertz CT molecular complexity index is 2030. The third-order valence-corrected chi connectivity index (χ3v) is 11.5. The third-order valence-electron chi connectivity index (χ3n) is 11.5. The Morgan fingerprint density at radius 3 is 2.09 bits per heavy atom. The minimum absolute atomic E-state index is 0.0843. The van der Waals surface area contributed by atoms with Crippen LogP contribution in [0.3, 0.4) is 0 Å². The van der Waals surface area contributed by atoms with E-state index in [4.69, 9.17) is 9.47 Å². The molecule has 3 fully saturated rings. The Labute approximate surface area is 317 Å². The number of imide groups is 2. The minimum Gasteiger partial charge on any atom is -0.496 e. The molecule has 4 amide bonds. The third kappa shape index (κ3) is 7.72. The van der Waals surface area contributed by atoms with Crippen molar-refractivity contribution in [1.29, 1.82) is 0 Å². The van der Waals surface area contributed by atoms with Crippen LogP contribution in [0, 0.1) is 5.92 Å². The zero-order valence-electron chi connectivity index (χ0n) is 31.3. The number of amides is 4. The molecule has 2 aromatic carbocycles. The first-order valence-corrected chi connectivity index (χ1v) is 18.7. The van der Waals surface area contributed by atoms with E-state index in [1.54, 1.807) is 38.5 Å². The smallest absolute Gasteiger partial charge is 0.269 e. The molecule has 1 aromatic heterocycles. The maximum atomic E-state index is 13.6. The number of rotatable bonds is 11. The molecule has 0 saturated carbocycles. The Hall–Kier alpha value is -5.15. The number of fused-ring (bicyclic) bond motifs is 1. The molecule has 7 rings (SSSR count). The van der Waals surface area contributed by atoms with E-state index in [1.807, 2.05) is 6.07 Å². The van der Waals surface area contributed by atoms with Crippen LogP contribution in [0.15, 0.2) is 47.4 Å². The van der Waals surface area contributed by atoms with Crippen molar-refractivity contribution in [1.82, 2.24) is 24.6 Å². The average molecular weight is 761 g/mol. The number of aryl methyl sites for hydroxylation is 1. The summed E-state index contributed by atoms with van der Waals surface area (Å²) in [7, 11) is 4.60. The standard InChI is InChI=1S/C40H46F2N6O7/c1-44-22-26(18-30(36(41)42)38(44)51)25-19-33(54-2)31(34(20-25)55-3)23-46-16-14-45(15-17-46)11-8-24-9-12-47(13-10-24)27-4-5-28-29(21-27)40(53)48(39(28)52)32-6-7-35(49)43-37(32)50/h4-5,18-22,24,32,36H,6-17,23H2,1-3H3,(H,43,49,50). The fourth-order valence-electron chi connectivity index (χ4n) is 8.25. The summed E-state index contributed by atoms with van der Waals surface area (Å²) in [4.78, 5) is 70.7. The van der Waals surface area contributed by atoms with Gasteiger partial charge in [-0.3, -0.25) is 39.1 Å². The maximum absolute atomic E-state index is 13.6. The number of halogens is 2. The molecular formula is C40H46F2N6O7. The lowest BCUT2D eigenvalue weighted by atomic mass is 9.92. The molecular weight excluding hydrogens is 714 g/mol. The molecule has 292 valence electrons. The van der Waals surface area contributed by atoms with Crippen LogP contribution in [0.25, 0.3) is 11.1 Å². The molecule has 0 spiro atoms. The molecule has 0 bridgehead atoms. The molecule has 1 N–H and O–H groups in total. The summed E-state index contributed by atoms with van der Waals surface area (Å²) >= 11 is 0. The lowest BCUT2D eigenvalue weighted by Gasteiger charge is -2.37. The topological polar surface area (TPSA) is 134 Å². The monoisotopic (exact) mass is 760 g/mol. The highest BCUT2D eigenvalue weighted by Crippen LogP contribution is 2.37. The highest BCUT2D eigenvalue weighted by molar-refractivity contribution is 6.23. The number of benzene rings is 2. The van der Waals surface area contributed by atoms with Gasteiger partial charge in [0.25, 0.3) is 23.8 Å². The SMILES string of the molecule is COc1cc(-c2cc(C(F)F)c(=O)n(C)c2)cc(OC)c1CN1CCN(CCC2CCN(c3ccc4c(c3)C(=O)N(C3CCC(=O)NC3=O)C4=O)CC2)CC1. The second kappa shape index (κ2) is 15.9. The first-order valence-electron chi connectivity index (χ1n) is 18.7. The van der Waals surface area contributed by atoms with Gasteiger partial charge in [0, 0.05) is 71.2 Å². The molecule has 4 aliphatic heterocycles. The Morgan fingerprint density at radius 1 is 0.800 bits per heavy atom. The number of nitrogens with one attached hydrogen (secondary N) is 1. The number of piperazine rings is 1. The van der Waals surface area contributed by atoms with Gasteiger partial charge in [0.05, 0.1) is 36.5 Å². The molecule has 4 aliphatic rings. The number of carbonyl (C=O) groups excluding carboxylic acids is 4. The van der Waals surface area contributed by atoms with Crippen molar-refractivity contribution in [2.45, 2.75) is 51.1 Å². The lowest BCUT2D eigenvalue weighted by molar-refractivity contribution is -0.136. The summed E-state index contributed by atoms with van der Waals surface area (Å²) in [6, 6.07) is 9.16. The number of carbonyl (C=O) groups is 4. The van der Waals surface area contributed by atoms with E-state index in [2.05, 4.69) is 20.0 Å². The Morgan fingerprint density at radius 2 is 1.45 bits per heavy atom. The van der Waals surface area contributed by atoms with Crippen LogP contribution in [-0.2, 0) is 23.2 Å². The number of ether oxygens (including phenoxy) is 2. The van der Waals surface area contributed by atoms with Crippen molar-refractivity contribution in [3.05, 3.63) is 75.2 Å². The van der Waals surface area contributed by atoms with E-state index < -0.39 is 47.2 Å². The average Bonchev–Trinajstić information content (AvgIpc) is 3.43. The largest absolute Gasteiger partial charge is 0.496 e. The number of alkyl halides is 2. The fraction of sp³-hybridized carbons (Fsp3) is 0.475. The second-order valence-electron chi connectivity index (χ2n) is 14.8. The van der Waals surface area contributed by atoms with Crippen molar-refractivity contribution in [2.75, 3.05) is 64.9 Å². The van der Waals surface area contributed by atoms with Crippen molar-refractivity contribution < 1.29 is 37.4 Å². The van der Waals surface area contributed by atoms with Crippen LogP contribution in [0.4, 0.5) is 14.5 Å². The quantitative estimate of drug-likeness (QED) is 0.288.